The number of nitrogens with zero attached hydrogens (tertiary/aromatic N) is 2. The molecule has 2 aliphatic heterocycles. The summed E-state index contributed by atoms with van der Waals surface area (Å²) in [6, 6.07) is 4.52. The minimum Gasteiger partial charge on any atom is -0.352 e. The van der Waals surface area contributed by atoms with Crippen molar-refractivity contribution in [1.82, 2.24) is 20.5 Å². The van der Waals surface area contributed by atoms with Gasteiger partial charge in [0.15, 0.2) is 0 Å². The van der Waals surface area contributed by atoms with E-state index in [1.807, 2.05) is 12.4 Å². The van der Waals surface area contributed by atoms with Gasteiger partial charge in [0.2, 0.25) is 5.91 Å². The standard InChI is InChI=1S/C16H24N4O/c21-16(15-2-1-7-18-15)19-14-5-10-20(11-6-14)12-13-3-8-17-9-4-13/h3-4,8-9,14-15,18H,1-2,5-7,10-12H2,(H,19,21). The summed E-state index contributed by atoms with van der Waals surface area (Å²) in [5, 5.41) is 6.47. The number of aromatic nitrogens is 1. The van der Waals surface area contributed by atoms with Crippen LogP contribution in [0.4, 0.5) is 0 Å². The van der Waals surface area contributed by atoms with Crippen LogP contribution in [-0.2, 0) is 11.3 Å². The van der Waals surface area contributed by atoms with Crippen LogP contribution in [0.1, 0.15) is 31.2 Å². The van der Waals surface area contributed by atoms with Crippen molar-refractivity contribution in [3.63, 3.8) is 0 Å². The molecule has 3 rings (SSSR count). The average molecular weight is 288 g/mol. The van der Waals surface area contributed by atoms with Gasteiger partial charge in [-0.25, -0.2) is 0 Å². The van der Waals surface area contributed by atoms with E-state index in [1.54, 1.807) is 0 Å². The van der Waals surface area contributed by atoms with Crippen molar-refractivity contribution in [2.75, 3.05) is 19.6 Å². The molecular weight excluding hydrogens is 264 g/mol. The number of amides is 1. The molecule has 1 amide bonds. The van der Waals surface area contributed by atoms with E-state index >= 15 is 0 Å². The fourth-order valence-electron chi connectivity index (χ4n) is 3.19. The summed E-state index contributed by atoms with van der Waals surface area (Å²) < 4.78 is 0. The molecule has 2 aliphatic rings. The zero-order chi connectivity index (χ0) is 14.5. The highest BCUT2D eigenvalue weighted by Gasteiger charge is 2.26. The minimum absolute atomic E-state index is 0.0415. The van der Waals surface area contributed by atoms with E-state index in [9.17, 15) is 4.79 Å². The van der Waals surface area contributed by atoms with Crippen LogP contribution in [0.2, 0.25) is 0 Å². The van der Waals surface area contributed by atoms with Gasteiger partial charge in [0.05, 0.1) is 6.04 Å². The normalized spacial score (nSPS) is 24.1. The zero-order valence-corrected chi connectivity index (χ0v) is 12.4. The van der Waals surface area contributed by atoms with Crippen LogP contribution < -0.4 is 10.6 Å². The third kappa shape index (κ3) is 4.02. The fourth-order valence-corrected chi connectivity index (χ4v) is 3.19. The lowest BCUT2D eigenvalue weighted by Crippen LogP contribution is -2.49. The van der Waals surface area contributed by atoms with E-state index in [0.29, 0.717) is 6.04 Å². The number of hydrogen-bond donors (Lipinski definition) is 2. The second-order valence-electron chi connectivity index (χ2n) is 6.06. The van der Waals surface area contributed by atoms with E-state index in [-0.39, 0.29) is 11.9 Å². The van der Waals surface area contributed by atoms with Crippen molar-refractivity contribution in [2.45, 2.75) is 44.3 Å². The maximum atomic E-state index is 12.1. The molecule has 1 aromatic rings. The summed E-state index contributed by atoms with van der Waals surface area (Å²) >= 11 is 0. The molecule has 0 aromatic carbocycles. The number of pyridine rings is 1. The van der Waals surface area contributed by atoms with Gasteiger partial charge in [0.1, 0.15) is 0 Å². The molecule has 1 unspecified atom stereocenters. The molecule has 0 aliphatic carbocycles. The average Bonchev–Trinajstić information content (AvgIpc) is 3.05. The quantitative estimate of drug-likeness (QED) is 0.865. The molecule has 2 N–H and O–H groups in total. The maximum absolute atomic E-state index is 12.1. The molecule has 2 saturated heterocycles. The van der Waals surface area contributed by atoms with Crippen molar-refractivity contribution in [2.24, 2.45) is 0 Å². The van der Waals surface area contributed by atoms with Gasteiger partial charge in [0.25, 0.3) is 0 Å². The molecule has 0 radical (unpaired) electrons. The third-order valence-electron chi connectivity index (χ3n) is 4.47. The van der Waals surface area contributed by atoms with Gasteiger partial charge < -0.3 is 10.6 Å². The highest BCUT2D eigenvalue weighted by atomic mass is 16.2. The monoisotopic (exact) mass is 288 g/mol. The molecule has 0 spiro atoms. The lowest BCUT2D eigenvalue weighted by molar-refractivity contribution is -0.123. The van der Waals surface area contributed by atoms with Gasteiger partial charge in [-0.2, -0.15) is 0 Å². The molecule has 2 fully saturated rings. The Morgan fingerprint density at radius 3 is 2.71 bits per heavy atom. The number of carbonyl (C=O) groups excluding carboxylic acids is 1. The molecule has 3 heterocycles. The van der Waals surface area contributed by atoms with Crippen molar-refractivity contribution in [1.29, 1.82) is 0 Å². The van der Waals surface area contributed by atoms with Crippen LogP contribution in [0.15, 0.2) is 24.5 Å². The lowest BCUT2D eigenvalue weighted by Gasteiger charge is -2.32. The second-order valence-corrected chi connectivity index (χ2v) is 6.06. The highest BCUT2D eigenvalue weighted by Crippen LogP contribution is 2.14. The summed E-state index contributed by atoms with van der Waals surface area (Å²) in [6.07, 6.45) is 7.87. The first-order chi connectivity index (χ1) is 10.3. The van der Waals surface area contributed by atoms with Crippen LogP contribution in [-0.4, -0.2) is 47.5 Å². The molecule has 21 heavy (non-hydrogen) atoms. The van der Waals surface area contributed by atoms with E-state index in [4.69, 9.17) is 0 Å². The topological polar surface area (TPSA) is 57.3 Å². The van der Waals surface area contributed by atoms with Crippen molar-refractivity contribution in [3.05, 3.63) is 30.1 Å². The molecule has 114 valence electrons. The van der Waals surface area contributed by atoms with Gasteiger partial charge in [-0.1, -0.05) is 0 Å². The van der Waals surface area contributed by atoms with E-state index < -0.39 is 0 Å². The summed E-state index contributed by atoms with van der Waals surface area (Å²) in [5.74, 6) is 0.195. The predicted molar refractivity (Wildman–Crippen MR) is 81.7 cm³/mol. The molecule has 5 nitrogen and oxygen atoms in total. The van der Waals surface area contributed by atoms with Crippen LogP contribution in [0.5, 0.6) is 0 Å². The molecule has 0 bridgehead atoms. The first-order valence-corrected chi connectivity index (χ1v) is 7.96. The first kappa shape index (κ1) is 14.5. The van der Waals surface area contributed by atoms with E-state index in [2.05, 4.69) is 32.7 Å². The van der Waals surface area contributed by atoms with Gasteiger partial charge >= 0.3 is 0 Å². The fraction of sp³-hybridized carbons (Fsp3) is 0.625. The Kier molecular flexibility index (Phi) is 4.83. The summed E-state index contributed by atoms with van der Waals surface area (Å²) in [5.41, 5.74) is 1.31. The number of hydrogen-bond acceptors (Lipinski definition) is 4. The third-order valence-corrected chi connectivity index (χ3v) is 4.47. The van der Waals surface area contributed by atoms with Gasteiger partial charge in [-0.05, 0) is 49.9 Å². The maximum Gasteiger partial charge on any atom is 0.237 e. The Bertz CT molecular complexity index is 451. The Balaban J connectivity index is 1.41. The number of nitrogens with one attached hydrogen (secondary N) is 2. The van der Waals surface area contributed by atoms with Crippen LogP contribution in [0, 0.1) is 0 Å². The Morgan fingerprint density at radius 2 is 2.05 bits per heavy atom. The summed E-state index contributed by atoms with van der Waals surface area (Å²) in [6.45, 7) is 4.05. The smallest absolute Gasteiger partial charge is 0.237 e. The SMILES string of the molecule is O=C(NC1CCN(Cc2ccncc2)CC1)C1CCCN1. The second kappa shape index (κ2) is 7.00. The number of carbonyl (C=O) groups is 1. The Labute approximate surface area is 126 Å². The van der Waals surface area contributed by atoms with Crippen LogP contribution in [0.3, 0.4) is 0 Å². The van der Waals surface area contributed by atoms with Crippen molar-refractivity contribution < 1.29 is 4.79 Å². The Hall–Kier alpha value is -1.46. The molecule has 1 atom stereocenters. The number of piperidine rings is 1. The largest absolute Gasteiger partial charge is 0.352 e. The van der Waals surface area contributed by atoms with Crippen molar-refractivity contribution >= 4 is 5.91 Å². The van der Waals surface area contributed by atoms with Crippen LogP contribution >= 0.6 is 0 Å². The molecule has 1 aromatic heterocycles. The lowest BCUT2D eigenvalue weighted by atomic mass is 10.0. The molecule has 0 saturated carbocycles. The predicted octanol–water partition coefficient (Wildman–Crippen LogP) is 0.914. The summed E-state index contributed by atoms with van der Waals surface area (Å²) in [7, 11) is 0. The first-order valence-electron chi connectivity index (χ1n) is 7.96. The van der Waals surface area contributed by atoms with Gasteiger partial charge in [0, 0.05) is 38.1 Å². The summed E-state index contributed by atoms with van der Waals surface area (Å²) in [4.78, 5) is 18.6. The van der Waals surface area contributed by atoms with Crippen molar-refractivity contribution in [3.8, 4) is 0 Å². The highest BCUT2D eigenvalue weighted by molar-refractivity contribution is 5.82. The zero-order valence-electron chi connectivity index (χ0n) is 12.4. The van der Waals surface area contributed by atoms with Crippen LogP contribution in [0.25, 0.3) is 0 Å². The number of likely N-dealkylation sites (tertiary alicyclic amines) is 1. The van der Waals surface area contributed by atoms with Gasteiger partial charge in [-0.3, -0.25) is 14.7 Å². The molecule has 5 heteroatoms. The minimum atomic E-state index is 0.0415. The Morgan fingerprint density at radius 1 is 1.29 bits per heavy atom. The van der Waals surface area contributed by atoms with Gasteiger partial charge in [-0.15, -0.1) is 0 Å². The van der Waals surface area contributed by atoms with E-state index in [0.717, 1.165) is 51.9 Å². The molecular formula is C16H24N4O. The number of rotatable bonds is 4. The van der Waals surface area contributed by atoms with E-state index in [1.165, 1.54) is 5.56 Å².